The minimum atomic E-state index is -0.287. The summed E-state index contributed by atoms with van der Waals surface area (Å²) < 4.78 is 12.3. The zero-order valence-corrected chi connectivity index (χ0v) is 15.5. The fraction of sp³-hybridized carbons (Fsp3) is 0.684. The van der Waals surface area contributed by atoms with Gasteiger partial charge in [-0.15, -0.1) is 0 Å². The molecule has 0 aliphatic carbocycles. The van der Waals surface area contributed by atoms with Crippen LogP contribution >= 0.6 is 0 Å². The van der Waals surface area contributed by atoms with Gasteiger partial charge in [-0.25, -0.2) is 0 Å². The van der Waals surface area contributed by atoms with Crippen LogP contribution in [0.4, 0.5) is 5.69 Å². The Morgan fingerprint density at radius 3 is 1.96 bits per heavy atom. The number of benzene rings is 1. The van der Waals surface area contributed by atoms with Crippen LogP contribution in [-0.4, -0.2) is 30.4 Å². The Morgan fingerprint density at radius 2 is 1.43 bits per heavy atom. The lowest BCUT2D eigenvalue weighted by Crippen LogP contribution is -2.47. The maximum atomic E-state index is 6.14. The second kappa shape index (κ2) is 5.53. The summed E-state index contributed by atoms with van der Waals surface area (Å²) in [5, 5.41) is 0. The third kappa shape index (κ3) is 3.03. The highest BCUT2D eigenvalue weighted by atomic mass is 16.7. The molecule has 0 radical (unpaired) electrons. The van der Waals surface area contributed by atoms with Crippen LogP contribution in [0.25, 0.3) is 0 Å². The van der Waals surface area contributed by atoms with Crippen molar-refractivity contribution in [2.24, 2.45) is 0 Å². The quantitative estimate of drug-likeness (QED) is 0.776. The molecule has 23 heavy (non-hydrogen) atoms. The van der Waals surface area contributed by atoms with Crippen LogP contribution in [0.3, 0.4) is 0 Å². The third-order valence-corrected chi connectivity index (χ3v) is 5.88. The van der Waals surface area contributed by atoms with Gasteiger partial charge in [0.2, 0.25) is 0 Å². The van der Waals surface area contributed by atoms with E-state index in [-0.39, 0.29) is 23.9 Å². The van der Waals surface area contributed by atoms with Crippen molar-refractivity contribution in [3.05, 3.63) is 24.3 Å². The summed E-state index contributed by atoms with van der Waals surface area (Å²) in [6.45, 7) is 14.2. The molecular weight excluding hydrogens is 285 g/mol. The Kier molecular flexibility index (Phi) is 4.05. The van der Waals surface area contributed by atoms with Crippen LogP contribution in [0.1, 0.15) is 60.8 Å². The molecule has 3 rings (SSSR count). The lowest BCUT2D eigenvalue weighted by molar-refractivity contribution is 0.00578. The number of rotatable bonds is 2. The minimum Gasteiger partial charge on any atom is -0.399 e. The minimum absolute atomic E-state index is 0.240. The van der Waals surface area contributed by atoms with Gasteiger partial charge in [0.1, 0.15) is 0 Å². The number of hydrogen-bond donors (Lipinski definition) is 0. The number of anilines is 1. The van der Waals surface area contributed by atoms with Crippen LogP contribution in [0.5, 0.6) is 0 Å². The molecule has 2 heterocycles. The lowest BCUT2D eigenvalue weighted by atomic mass is 9.79. The Bertz CT molecular complexity index is 549. The van der Waals surface area contributed by atoms with Crippen LogP contribution in [0.15, 0.2) is 24.3 Å². The zero-order chi connectivity index (χ0) is 16.9. The second-order valence-electron chi connectivity index (χ2n) is 8.60. The van der Waals surface area contributed by atoms with Crippen molar-refractivity contribution in [3.63, 3.8) is 0 Å². The molecule has 2 aliphatic heterocycles. The Morgan fingerprint density at radius 1 is 0.870 bits per heavy atom. The molecule has 0 N–H and O–H groups in total. The Hall–Kier alpha value is -0.995. The van der Waals surface area contributed by atoms with Gasteiger partial charge in [0.15, 0.2) is 0 Å². The fourth-order valence-electron chi connectivity index (χ4n) is 3.53. The Balaban J connectivity index is 1.78. The number of hydrogen-bond acceptors (Lipinski definition) is 3. The van der Waals surface area contributed by atoms with E-state index in [9.17, 15) is 0 Å². The normalized spacial score (nSPS) is 25.7. The fourth-order valence-corrected chi connectivity index (χ4v) is 3.53. The van der Waals surface area contributed by atoms with Crippen molar-refractivity contribution in [3.8, 4) is 0 Å². The van der Waals surface area contributed by atoms with Crippen molar-refractivity contribution in [1.29, 1.82) is 0 Å². The average molecular weight is 315 g/mol. The summed E-state index contributed by atoms with van der Waals surface area (Å²) >= 11 is 0. The molecule has 0 saturated carbocycles. The molecule has 0 unspecified atom stereocenters. The molecular formula is C19H30BNO2. The first-order chi connectivity index (χ1) is 10.6. The highest BCUT2D eigenvalue weighted by Gasteiger charge is 2.51. The SMILES string of the molecule is CC1(C)CCCCN1c1ccc(B2OC(C)(C)C(C)(C)O2)cc1. The van der Waals surface area contributed by atoms with Gasteiger partial charge in [-0.2, -0.15) is 0 Å². The van der Waals surface area contributed by atoms with Gasteiger partial charge in [-0.05, 0) is 78.4 Å². The van der Waals surface area contributed by atoms with Crippen LogP contribution in [0, 0.1) is 0 Å². The first-order valence-electron chi connectivity index (χ1n) is 8.86. The van der Waals surface area contributed by atoms with E-state index in [1.54, 1.807) is 0 Å². The third-order valence-electron chi connectivity index (χ3n) is 5.88. The highest BCUT2D eigenvalue weighted by Crippen LogP contribution is 2.37. The van der Waals surface area contributed by atoms with Crippen molar-refractivity contribution >= 4 is 18.3 Å². The van der Waals surface area contributed by atoms with Crippen LogP contribution in [0.2, 0.25) is 0 Å². The molecule has 2 aliphatic rings. The molecule has 1 aromatic carbocycles. The molecule has 0 spiro atoms. The molecule has 126 valence electrons. The average Bonchev–Trinajstić information content (AvgIpc) is 2.67. The summed E-state index contributed by atoms with van der Waals surface area (Å²) in [6, 6.07) is 8.74. The maximum absolute atomic E-state index is 6.14. The van der Waals surface area contributed by atoms with Crippen LogP contribution in [-0.2, 0) is 9.31 Å². The van der Waals surface area contributed by atoms with Crippen molar-refractivity contribution in [1.82, 2.24) is 0 Å². The lowest BCUT2D eigenvalue weighted by Gasteiger charge is -2.44. The first kappa shape index (κ1) is 16.8. The largest absolute Gasteiger partial charge is 0.494 e. The second-order valence-corrected chi connectivity index (χ2v) is 8.60. The predicted octanol–water partition coefficient (Wildman–Crippen LogP) is 3.75. The number of piperidine rings is 1. The van der Waals surface area contributed by atoms with E-state index in [4.69, 9.17) is 9.31 Å². The monoisotopic (exact) mass is 315 g/mol. The van der Waals surface area contributed by atoms with E-state index in [1.165, 1.54) is 24.9 Å². The summed E-state index contributed by atoms with van der Waals surface area (Å²) in [4.78, 5) is 2.53. The summed E-state index contributed by atoms with van der Waals surface area (Å²) in [6.07, 6.45) is 3.86. The molecule has 0 bridgehead atoms. The summed E-state index contributed by atoms with van der Waals surface area (Å²) in [5.41, 5.74) is 2.07. The van der Waals surface area contributed by atoms with Gasteiger partial charge in [-0.3, -0.25) is 0 Å². The summed E-state index contributed by atoms with van der Waals surface area (Å²) in [5.74, 6) is 0. The van der Waals surface area contributed by atoms with Gasteiger partial charge in [0, 0.05) is 17.8 Å². The zero-order valence-electron chi connectivity index (χ0n) is 15.5. The van der Waals surface area contributed by atoms with Crippen molar-refractivity contribution < 1.29 is 9.31 Å². The van der Waals surface area contributed by atoms with Gasteiger partial charge in [-0.1, -0.05) is 12.1 Å². The maximum Gasteiger partial charge on any atom is 0.494 e. The van der Waals surface area contributed by atoms with E-state index < -0.39 is 0 Å². The predicted molar refractivity (Wildman–Crippen MR) is 97.4 cm³/mol. The number of nitrogens with zero attached hydrogens (tertiary/aromatic N) is 1. The van der Waals surface area contributed by atoms with Crippen molar-refractivity contribution in [2.75, 3.05) is 11.4 Å². The van der Waals surface area contributed by atoms with E-state index in [0.29, 0.717) is 0 Å². The molecule has 3 nitrogen and oxygen atoms in total. The van der Waals surface area contributed by atoms with Gasteiger partial charge < -0.3 is 14.2 Å². The van der Waals surface area contributed by atoms with Gasteiger partial charge in [0.05, 0.1) is 11.2 Å². The smallest absolute Gasteiger partial charge is 0.399 e. The van der Waals surface area contributed by atoms with E-state index in [2.05, 4.69) is 70.7 Å². The molecule has 2 saturated heterocycles. The summed E-state index contributed by atoms with van der Waals surface area (Å²) in [7, 11) is -0.275. The van der Waals surface area contributed by atoms with Gasteiger partial charge >= 0.3 is 7.12 Å². The van der Waals surface area contributed by atoms with E-state index in [1.807, 2.05) is 0 Å². The molecule has 4 heteroatoms. The molecule has 1 aromatic rings. The van der Waals surface area contributed by atoms with E-state index in [0.717, 1.165) is 12.0 Å². The van der Waals surface area contributed by atoms with Gasteiger partial charge in [0.25, 0.3) is 0 Å². The topological polar surface area (TPSA) is 21.7 Å². The highest BCUT2D eigenvalue weighted by molar-refractivity contribution is 6.62. The first-order valence-corrected chi connectivity index (χ1v) is 8.86. The Labute approximate surface area is 141 Å². The van der Waals surface area contributed by atoms with Crippen molar-refractivity contribution in [2.45, 2.75) is 77.5 Å². The standard InChI is InChI=1S/C19H30BNO2/c1-17(2)13-7-8-14-21(17)16-11-9-15(10-12-16)20-22-18(3,4)19(5,6)23-20/h9-12H,7-8,13-14H2,1-6H3. The molecule has 2 fully saturated rings. The molecule has 0 atom stereocenters. The molecule has 0 aromatic heterocycles. The molecule has 0 amide bonds. The van der Waals surface area contributed by atoms with E-state index >= 15 is 0 Å². The van der Waals surface area contributed by atoms with Crippen LogP contribution < -0.4 is 10.4 Å².